The number of benzene rings is 1. The number of rotatable bonds is 9. The molecule has 1 heterocycles. The predicted octanol–water partition coefficient (Wildman–Crippen LogP) is 2.89. The highest BCUT2D eigenvalue weighted by molar-refractivity contribution is 7.11. The summed E-state index contributed by atoms with van der Waals surface area (Å²) in [6.07, 6.45) is 0.836. The smallest absolute Gasteiger partial charge is 0.221 e. The molecule has 0 fully saturated rings. The fraction of sp³-hybridized carbons (Fsp3) is 0.450. The predicted molar refractivity (Wildman–Crippen MR) is 116 cm³/mol. The number of nitrogens with one attached hydrogen (secondary N) is 3. The Labute approximate surface area is 170 Å². The van der Waals surface area contributed by atoms with Crippen LogP contribution in [0.2, 0.25) is 0 Å². The Morgan fingerprint density at radius 1 is 1.29 bits per heavy atom. The SMILES string of the molecule is CCNC(=NCCc1nc(C)c(C)s1)NCCOc1cccc(NC(C)=O)c1. The minimum absolute atomic E-state index is 0.103. The molecule has 152 valence electrons. The Morgan fingerprint density at radius 3 is 2.79 bits per heavy atom. The zero-order valence-electron chi connectivity index (χ0n) is 17.0. The summed E-state index contributed by atoms with van der Waals surface area (Å²) in [7, 11) is 0. The quantitative estimate of drug-likeness (QED) is 0.340. The Kier molecular flexibility index (Phi) is 8.74. The summed E-state index contributed by atoms with van der Waals surface area (Å²) in [6, 6.07) is 7.34. The standard InChI is InChI=1S/C20H29N5O2S/c1-5-21-20(22-10-9-19-24-14(2)15(3)28-19)23-11-12-27-18-8-6-7-17(13-18)25-16(4)26/h6-8,13H,5,9-12H2,1-4H3,(H,25,26)(H2,21,22,23). The van der Waals surface area contributed by atoms with Gasteiger partial charge in [0, 0.05) is 43.1 Å². The molecule has 2 aromatic rings. The van der Waals surface area contributed by atoms with Crippen LogP contribution in [0.15, 0.2) is 29.3 Å². The third-order valence-electron chi connectivity index (χ3n) is 3.83. The Morgan fingerprint density at radius 2 is 2.11 bits per heavy atom. The van der Waals surface area contributed by atoms with Crippen LogP contribution < -0.4 is 20.7 Å². The molecule has 0 spiro atoms. The van der Waals surface area contributed by atoms with Gasteiger partial charge in [0.25, 0.3) is 0 Å². The van der Waals surface area contributed by atoms with Gasteiger partial charge < -0.3 is 20.7 Å². The van der Waals surface area contributed by atoms with Crippen molar-refractivity contribution in [1.29, 1.82) is 0 Å². The van der Waals surface area contributed by atoms with Gasteiger partial charge in [-0.3, -0.25) is 9.79 Å². The molecule has 3 N–H and O–H groups in total. The van der Waals surface area contributed by atoms with Gasteiger partial charge >= 0.3 is 0 Å². The highest BCUT2D eigenvalue weighted by atomic mass is 32.1. The van der Waals surface area contributed by atoms with E-state index in [1.807, 2.05) is 32.0 Å². The Hall–Kier alpha value is -2.61. The number of hydrogen-bond donors (Lipinski definition) is 3. The van der Waals surface area contributed by atoms with Crippen LogP contribution in [0.3, 0.4) is 0 Å². The first-order chi connectivity index (χ1) is 13.5. The van der Waals surface area contributed by atoms with Crippen molar-refractivity contribution in [3.05, 3.63) is 39.8 Å². The zero-order valence-corrected chi connectivity index (χ0v) is 17.8. The van der Waals surface area contributed by atoms with Crippen molar-refractivity contribution in [3.8, 4) is 5.75 Å². The lowest BCUT2D eigenvalue weighted by molar-refractivity contribution is -0.114. The fourth-order valence-electron chi connectivity index (χ4n) is 2.46. The summed E-state index contributed by atoms with van der Waals surface area (Å²) in [6.45, 7) is 10.2. The molecule has 1 amide bonds. The minimum Gasteiger partial charge on any atom is -0.492 e. The lowest BCUT2D eigenvalue weighted by Gasteiger charge is -2.12. The molecule has 0 aliphatic heterocycles. The normalized spacial score (nSPS) is 11.2. The van der Waals surface area contributed by atoms with Crippen molar-refractivity contribution in [1.82, 2.24) is 15.6 Å². The molecule has 7 nitrogen and oxygen atoms in total. The number of aromatic nitrogens is 1. The Balaban J connectivity index is 1.77. The van der Waals surface area contributed by atoms with Gasteiger partial charge in [0.2, 0.25) is 5.91 Å². The van der Waals surface area contributed by atoms with Crippen LogP contribution in [0.5, 0.6) is 5.75 Å². The van der Waals surface area contributed by atoms with Crippen LogP contribution >= 0.6 is 11.3 Å². The second kappa shape index (κ2) is 11.3. The molecule has 8 heteroatoms. The summed E-state index contributed by atoms with van der Waals surface area (Å²) < 4.78 is 5.74. The molecule has 0 aliphatic rings. The first-order valence-electron chi connectivity index (χ1n) is 9.43. The number of hydrogen-bond acceptors (Lipinski definition) is 5. The average Bonchev–Trinajstić information content (AvgIpc) is 2.96. The van der Waals surface area contributed by atoms with Crippen molar-refractivity contribution < 1.29 is 9.53 Å². The molecule has 0 atom stereocenters. The molecule has 0 saturated carbocycles. The summed E-state index contributed by atoms with van der Waals surface area (Å²) >= 11 is 1.74. The van der Waals surface area contributed by atoms with E-state index in [0.29, 0.717) is 25.4 Å². The third kappa shape index (κ3) is 7.56. The van der Waals surface area contributed by atoms with Crippen molar-refractivity contribution in [2.75, 3.05) is 31.6 Å². The van der Waals surface area contributed by atoms with Crippen molar-refractivity contribution in [3.63, 3.8) is 0 Å². The number of nitrogens with zero attached hydrogens (tertiary/aromatic N) is 2. The maximum Gasteiger partial charge on any atom is 0.221 e. The van der Waals surface area contributed by atoms with Crippen molar-refractivity contribution in [2.45, 2.75) is 34.1 Å². The molecule has 0 bridgehead atoms. The fourth-order valence-corrected chi connectivity index (χ4v) is 3.38. The zero-order chi connectivity index (χ0) is 20.4. The second-order valence-electron chi connectivity index (χ2n) is 6.24. The molecule has 0 aliphatic carbocycles. The van der Waals surface area contributed by atoms with Gasteiger partial charge in [0.1, 0.15) is 12.4 Å². The third-order valence-corrected chi connectivity index (χ3v) is 4.96. The molecule has 1 aromatic heterocycles. The molecule has 0 unspecified atom stereocenters. The van der Waals surface area contributed by atoms with E-state index in [9.17, 15) is 4.79 Å². The molecular formula is C20H29N5O2S. The van der Waals surface area contributed by atoms with E-state index in [1.54, 1.807) is 17.4 Å². The van der Waals surface area contributed by atoms with E-state index in [4.69, 9.17) is 4.74 Å². The van der Waals surface area contributed by atoms with E-state index >= 15 is 0 Å². The first-order valence-corrected chi connectivity index (χ1v) is 10.2. The monoisotopic (exact) mass is 403 g/mol. The van der Waals surface area contributed by atoms with E-state index in [0.717, 1.165) is 35.3 Å². The van der Waals surface area contributed by atoms with E-state index in [1.165, 1.54) is 11.8 Å². The van der Waals surface area contributed by atoms with Gasteiger partial charge in [-0.2, -0.15) is 0 Å². The number of thiazole rings is 1. The molecule has 1 aromatic carbocycles. The molecular weight excluding hydrogens is 374 g/mol. The van der Waals surface area contributed by atoms with Gasteiger partial charge in [0.15, 0.2) is 5.96 Å². The first kappa shape index (κ1) is 21.7. The maximum atomic E-state index is 11.1. The average molecular weight is 404 g/mol. The number of ether oxygens (including phenoxy) is 1. The van der Waals surface area contributed by atoms with E-state index in [-0.39, 0.29) is 5.91 Å². The van der Waals surface area contributed by atoms with Gasteiger partial charge in [-0.25, -0.2) is 4.98 Å². The van der Waals surface area contributed by atoms with Crippen LogP contribution in [0, 0.1) is 13.8 Å². The number of carbonyl (C=O) groups is 1. The van der Waals surface area contributed by atoms with Gasteiger partial charge in [-0.15, -0.1) is 11.3 Å². The molecule has 28 heavy (non-hydrogen) atoms. The number of guanidine groups is 1. The van der Waals surface area contributed by atoms with Crippen LogP contribution in [0.25, 0.3) is 0 Å². The number of aliphatic imine (C=N–C) groups is 1. The van der Waals surface area contributed by atoms with Crippen LogP contribution in [0.4, 0.5) is 5.69 Å². The molecule has 0 radical (unpaired) electrons. The summed E-state index contributed by atoms with van der Waals surface area (Å²) in [5.41, 5.74) is 1.83. The Bertz CT molecular complexity index is 784. The molecule has 2 rings (SSSR count). The highest BCUT2D eigenvalue weighted by Crippen LogP contribution is 2.17. The van der Waals surface area contributed by atoms with Gasteiger partial charge in [0.05, 0.1) is 17.2 Å². The highest BCUT2D eigenvalue weighted by Gasteiger charge is 2.04. The number of carbonyl (C=O) groups excluding carboxylic acids is 1. The van der Waals surface area contributed by atoms with Crippen molar-refractivity contribution in [2.24, 2.45) is 4.99 Å². The van der Waals surface area contributed by atoms with E-state index in [2.05, 4.69) is 32.9 Å². The van der Waals surface area contributed by atoms with Gasteiger partial charge in [-0.1, -0.05) is 6.07 Å². The molecule has 0 saturated heterocycles. The maximum absolute atomic E-state index is 11.1. The number of aryl methyl sites for hydroxylation is 2. The number of amides is 1. The summed E-state index contributed by atoms with van der Waals surface area (Å²) in [5, 5.41) is 10.4. The van der Waals surface area contributed by atoms with Crippen LogP contribution in [-0.4, -0.2) is 43.1 Å². The lowest BCUT2D eigenvalue weighted by Crippen LogP contribution is -2.39. The minimum atomic E-state index is -0.103. The van der Waals surface area contributed by atoms with Crippen LogP contribution in [0.1, 0.15) is 29.4 Å². The number of anilines is 1. The lowest BCUT2D eigenvalue weighted by atomic mass is 10.3. The van der Waals surface area contributed by atoms with Crippen LogP contribution in [-0.2, 0) is 11.2 Å². The summed E-state index contributed by atoms with van der Waals surface area (Å²) in [4.78, 5) is 21.5. The van der Waals surface area contributed by atoms with Crippen molar-refractivity contribution >= 4 is 28.9 Å². The largest absolute Gasteiger partial charge is 0.492 e. The topological polar surface area (TPSA) is 87.6 Å². The van der Waals surface area contributed by atoms with E-state index < -0.39 is 0 Å². The summed E-state index contributed by atoms with van der Waals surface area (Å²) in [5.74, 6) is 1.38. The van der Waals surface area contributed by atoms with Gasteiger partial charge in [-0.05, 0) is 32.9 Å². The second-order valence-corrected chi connectivity index (χ2v) is 7.53.